The minimum absolute atomic E-state index is 0.585. The Hall–Kier alpha value is -3.45. The van der Waals surface area contributed by atoms with Gasteiger partial charge in [0.15, 0.2) is 17.0 Å². The monoisotopic (exact) mass is 445 g/mol. The molecule has 0 aliphatic carbocycles. The molecule has 1 aliphatic rings. The van der Waals surface area contributed by atoms with Crippen LogP contribution in [0.5, 0.6) is 0 Å². The lowest BCUT2D eigenvalue weighted by atomic mass is 10.1. The Morgan fingerprint density at radius 2 is 1.66 bits per heavy atom. The number of anilines is 4. The molecule has 2 aromatic carbocycles. The van der Waals surface area contributed by atoms with Crippen LogP contribution in [0.4, 0.5) is 23.1 Å². The fraction of sp³-hybridized carbons (Fsp3) is 0.250. The van der Waals surface area contributed by atoms with Crippen molar-refractivity contribution in [1.82, 2.24) is 19.9 Å². The molecule has 4 aromatic rings. The van der Waals surface area contributed by atoms with Gasteiger partial charge in [0.1, 0.15) is 0 Å². The van der Waals surface area contributed by atoms with Crippen molar-refractivity contribution in [3.05, 3.63) is 71.0 Å². The average molecular weight is 446 g/mol. The van der Waals surface area contributed by atoms with Gasteiger partial charge in [0.25, 0.3) is 0 Å². The highest BCUT2D eigenvalue weighted by Crippen LogP contribution is 2.27. The Bertz CT molecular complexity index is 1270. The maximum Gasteiger partial charge on any atom is 0.229 e. The third-order valence-electron chi connectivity index (χ3n) is 5.69. The van der Waals surface area contributed by atoms with Crippen LogP contribution in [0.2, 0.25) is 5.02 Å². The molecular formula is C24H24ClN7. The van der Waals surface area contributed by atoms with E-state index in [-0.39, 0.29) is 0 Å². The molecule has 1 saturated heterocycles. The first-order valence-corrected chi connectivity index (χ1v) is 11.0. The number of aryl methyl sites for hydroxylation is 2. The van der Waals surface area contributed by atoms with Crippen molar-refractivity contribution in [2.75, 3.05) is 41.3 Å². The van der Waals surface area contributed by atoms with Crippen molar-refractivity contribution in [2.24, 2.45) is 0 Å². The Morgan fingerprint density at radius 3 is 2.44 bits per heavy atom. The van der Waals surface area contributed by atoms with E-state index < -0.39 is 0 Å². The van der Waals surface area contributed by atoms with Crippen LogP contribution in [0.15, 0.2) is 54.9 Å². The van der Waals surface area contributed by atoms with E-state index >= 15 is 0 Å². The number of nitrogens with one attached hydrogen (secondary N) is 1. The lowest BCUT2D eigenvalue weighted by Crippen LogP contribution is -2.47. The van der Waals surface area contributed by atoms with Crippen LogP contribution in [0, 0.1) is 13.8 Å². The van der Waals surface area contributed by atoms with E-state index in [2.05, 4.69) is 63.2 Å². The predicted octanol–water partition coefficient (Wildman–Crippen LogP) is 4.76. The predicted molar refractivity (Wildman–Crippen MR) is 130 cm³/mol. The lowest BCUT2D eigenvalue weighted by molar-refractivity contribution is 0.641. The van der Waals surface area contributed by atoms with Crippen LogP contribution in [0.25, 0.3) is 11.2 Å². The van der Waals surface area contributed by atoms with Gasteiger partial charge in [-0.2, -0.15) is 9.97 Å². The fourth-order valence-electron chi connectivity index (χ4n) is 4.00. The van der Waals surface area contributed by atoms with Crippen molar-refractivity contribution in [2.45, 2.75) is 13.8 Å². The molecule has 1 N–H and O–H groups in total. The maximum atomic E-state index is 6.17. The fourth-order valence-corrected chi connectivity index (χ4v) is 4.18. The molecule has 32 heavy (non-hydrogen) atoms. The largest absolute Gasteiger partial charge is 0.368 e. The van der Waals surface area contributed by atoms with Gasteiger partial charge in [-0.15, -0.1) is 0 Å². The summed E-state index contributed by atoms with van der Waals surface area (Å²) >= 11 is 6.17. The Balaban J connectivity index is 1.42. The molecule has 0 atom stereocenters. The molecule has 0 bridgehead atoms. The summed E-state index contributed by atoms with van der Waals surface area (Å²) in [5.41, 5.74) is 5.75. The number of piperazine rings is 1. The number of aromatic nitrogens is 4. The number of hydrogen-bond donors (Lipinski definition) is 1. The van der Waals surface area contributed by atoms with Crippen LogP contribution in [0.3, 0.4) is 0 Å². The Kier molecular flexibility index (Phi) is 5.49. The molecule has 0 amide bonds. The molecule has 1 aliphatic heterocycles. The van der Waals surface area contributed by atoms with E-state index in [1.165, 1.54) is 5.56 Å². The maximum absolute atomic E-state index is 6.17. The highest BCUT2D eigenvalue weighted by Gasteiger charge is 2.21. The molecule has 0 radical (unpaired) electrons. The quantitative estimate of drug-likeness (QED) is 0.485. The standard InChI is InChI=1S/C24H24ClN7/c1-16-6-7-20(17(2)14-16)28-23-21-22(27-9-8-26-21)29-24(30-23)32-12-10-31(11-13-32)19-5-3-4-18(25)15-19/h3-9,14-15H,10-13H2,1-2H3,(H,27,28,29,30). The summed E-state index contributed by atoms with van der Waals surface area (Å²) in [6, 6.07) is 14.3. The van der Waals surface area contributed by atoms with Crippen LogP contribution in [-0.4, -0.2) is 46.1 Å². The Morgan fingerprint density at radius 1 is 0.875 bits per heavy atom. The number of nitrogens with zero attached hydrogens (tertiary/aromatic N) is 6. The molecule has 3 heterocycles. The molecule has 2 aromatic heterocycles. The van der Waals surface area contributed by atoms with Crippen molar-refractivity contribution in [3.8, 4) is 0 Å². The smallest absolute Gasteiger partial charge is 0.229 e. The van der Waals surface area contributed by atoms with Crippen molar-refractivity contribution in [3.63, 3.8) is 0 Å². The molecular weight excluding hydrogens is 422 g/mol. The minimum atomic E-state index is 0.585. The summed E-state index contributed by atoms with van der Waals surface area (Å²) in [7, 11) is 0. The van der Waals surface area contributed by atoms with Gasteiger partial charge in [0.2, 0.25) is 5.95 Å². The molecule has 8 heteroatoms. The molecule has 0 saturated carbocycles. The van der Waals surface area contributed by atoms with Gasteiger partial charge in [0, 0.05) is 55.0 Å². The van der Waals surface area contributed by atoms with Crippen LogP contribution in [-0.2, 0) is 0 Å². The summed E-state index contributed by atoms with van der Waals surface area (Å²) in [5.74, 6) is 1.33. The van der Waals surface area contributed by atoms with Gasteiger partial charge in [-0.1, -0.05) is 35.4 Å². The molecule has 5 rings (SSSR count). The first kappa shape index (κ1) is 20.5. The third kappa shape index (κ3) is 4.16. The van der Waals surface area contributed by atoms with Crippen LogP contribution < -0.4 is 15.1 Å². The number of rotatable bonds is 4. The second kappa shape index (κ2) is 8.59. The average Bonchev–Trinajstić information content (AvgIpc) is 2.81. The van der Waals surface area contributed by atoms with E-state index in [1.807, 2.05) is 18.2 Å². The molecule has 0 spiro atoms. The third-order valence-corrected chi connectivity index (χ3v) is 5.93. The highest BCUT2D eigenvalue weighted by atomic mass is 35.5. The topological polar surface area (TPSA) is 70.1 Å². The van der Waals surface area contributed by atoms with Gasteiger partial charge in [-0.3, -0.25) is 0 Å². The van der Waals surface area contributed by atoms with E-state index in [4.69, 9.17) is 21.6 Å². The summed E-state index contributed by atoms with van der Waals surface area (Å²) in [6.45, 7) is 7.51. The second-order valence-corrected chi connectivity index (χ2v) is 8.43. The summed E-state index contributed by atoms with van der Waals surface area (Å²) in [6.07, 6.45) is 3.33. The van der Waals surface area contributed by atoms with E-state index in [0.717, 1.165) is 48.1 Å². The number of fused-ring (bicyclic) bond motifs is 1. The summed E-state index contributed by atoms with van der Waals surface area (Å²) < 4.78 is 0. The molecule has 162 valence electrons. The highest BCUT2D eigenvalue weighted by molar-refractivity contribution is 6.30. The number of halogens is 1. The van der Waals surface area contributed by atoms with Crippen LogP contribution in [0.1, 0.15) is 11.1 Å². The van der Waals surface area contributed by atoms with Crippen LogP contribution >= 0.6 is 11.6 Å². The lowest BCUT2D eigenvalue weighted by Gasteiger charge is -2.36. The SMILES string of the molecule is Cc1ccc(Nc2nc(N3CCN(c4cccc(Cl)c4)CC3)nc3nccnc23)c(C)c1. The molecule has 1 fully saturated rings. The van der Waals surface area contributed by atoms with Crippen molar-refractivity contribution >= 4 is 45.9 Å². The summed E-state index contributed by atoms with van der Waals surface area (Å²) in [4.78, 5) is 23.0. The second-order valence-electron chi connectivity index (χ2n) is 8.00. The van der Waals surface area contributed by atoms with Gasteiger partial charge in [0.05, 0.1) is 0 Å². The van der Waals surface area contributed by atoms with E-state index in [9.17, 15) is 0 Å². The van der Waals surface area contributed by atoms with E-state index in [0.29, 0.717) is 22.9 Å². The molecule has 7 nitrogen and oxygen atoms in total. The first-order valence-electron chi connectivity index (χ1n) is 10.7. The van der Waals surface area contributed by atoms with Crippen molar-refractivity contribution in [1.29, 1.82) is 0 Å². The van der Waals surface area contributed by atoms with Gasteiger partial charge < -0.3 is 15.1 Å². The normalized spacial score (nSPS) is 14.1. The zero-order chi connectivity index (χ0) is 22.1. The minimum Gasteiger partial charge on any atom is -0.368 e. The number of benzene rings is 2. The zero-order valence-corrected chi connectivity index (χ0v) is 18.8. The van der Waals surface area contributed by atoms with Crippen molar-refractivity contribution < 1.29 is 0 Å². The number of hydrogen-bond acceptors (Lipinski definition) is 7. The van der Waals surface area contributed by atoms with Gasteiger partial charge in [-0.05, 0) is 43.7 Å². The summed E-state index contributed by atoms with van der Waals surface area (Å²) in [5, 5.41) is 4.21. The van der Waals surface area contributed by atoms with Gasteiger partial charge in [-0.25, -0.2) is 9.97 Å². The molecule has 0 unspecified atom stereocenters. The zero-order valence-electron chi connectivity index (χ0n) is 18.1. The first-order chi connectivity index (χ1) is 15.6. The van der Waals surface area contributed by atoms with Gasteiger partial charge >= 0.3 is 0 Å². The Labute approximate surface area is 192 Å². The van der Waals surface area contributed by atoms with E-state index in [1.54, 1.807) is 12.4 Å².